The van der Waals surface area contributed by atoms with E-state index in [1.54, 1.807) is 0 Å². The van der Waals surface area contributed by atoms with E-state index in [4.69, 9.17) is 0 Å². The topological polar surface area (TPSA) is 24.9 Å². The minimum absolute atomic E-state index is 0.333. The molecule has 2 nitrogen and oxygen atoms in total. The van der Waals surface area contributed by atoms with Crippen LogP contribution in [0.4, 0.5) is 0 Å². The summed E-state index contributed by atoms with van der Waals surface area (Å²) in [5.74, 6) is 0. The Morgan fingerprint density at radius 1 is 1.28 bits per heavy atom. The van der Waals surface area contributed by atoms with Crippen molar-refractivity contribution in [1.29, 1.82) is 0 Å². The van der Waals surface area contributed by atoms with Crippen LogP contribution >= 0.6 is 0 Å². The van der Waals surface area contributed by atoms with Crippen molar-refractivity contribution in [2.75, 3.05) is 6.54 Å². The summed E-state index contributed by atoms with van der Waals surface area (Å²) in [6.45, 7) is 10.3. The molecule has 0 spiro atoms. The standard InChI is InChI=1S/C16H28N2/c1-5-12-18-15(16(2,3)4)11-8-10-14-9-6-7-13-17-14/h6-7,9,13,15,18H,5,8,10-12H2,1-4H3. The zero-order valence-electron chi connectivity index (χ0n) is 12.4. The Morgan fingerprint density at radius 2 is 2.06 bits per heavy atom. The highest BCUT2D eigenvalue weighted by Crippen LogP contribution is 2.23. The maximum Gasteiger partial charge on any atom is 0.0403 e. The molecule has 0 aliphatic heterocycles. The maximum atomic E-state index is 4.38. The summed E-state index contributed by atoms with van der Waals surface area (Å²) in [5.41, 5.74) is 1.54. The third kappa shape index (κ3) is 5.63. The Labute approximate surface area is 112 Å². The fraction of sp³-hybridized carbons (Fsp3) is 0.688. The number of aryl methyl sites for hydroxylation is 1. The Bertz CT molecular complexity index is 314. The van der Waals surface area contributed by atoms with Crippen LogP contribution in [0.25, 0.3) is 0 Å². The number of rotatable bonds is 7. The van der Waals surface area contributed by atoms with E-state index in [2.05, 4.69) is 50.1 Å². The second-order valence-electron chi connectivity index (χ2n) is 6.09. The van der Waals surface area contributed by atoms with E-state index in [0.29, 0.717) is 11.5 Å². The van der Waals surface area contributed by atoms with E-state index in [9.17, 15) is 0 Å². The number of aromatic nitrogens is 1. The molecule has 0 aliphatic carbocycles. The molecule has 0 aliphatic rings. The van der Waals surface area contributed by atoms with E-state index in [-0.39, 0.29) is 0 Å². The van der Waals surface area contributed by atoms with Gasteiger partial charge in [0, 0.05) is 17.9 Å². The molecule has 0 aromatic carbocycles. The Kier molecular flexibility index (Phi) is 6.34. The van der Waals surface area contributed by atoms with Gasteiger partial charge in [-0.2, -0.15) is 0 Å². The Hall–Kier alpha value is -0.890. The molecule has 0 amide bonds. The summed E-state index contributed by atoms with van der Waals surface area (Å²) in [4.78, 5) is 4.38. The summed E-state index contributed by atoms with van der Waals surface area (Å²) in [7, 11) is 0. The first-order valence-corrected chi connectivity index (χ1v) is 7.17. The Balaban J connectivity index is 2.38. The molecule has 1 aromatic heterocycles. The van der Waals surface area contributed by atoms with Crippen molar-refractivity contribution < 1.29 is 0 Å². The third-order valence-corrected chi connectivity index (χ3v) is 3.34. The van der Waals surface area contributed by atoms with E-state index in [1.807, 2.05) is 12.3 Å². The van der Waals surface area contributed by atoms with Crippen LogP contribution in [0.5, 0.6) is 0 Å². The summed E-state index contributed by atoms with van der Waals surface area (Å²) in [6.07, 6.45) is 6.59. The lowest BCUT2D eigenvalue weighted by molar-refractivity contribution is 0.251. The van der Waals surface area contributed by atoms with Crippen LogP contribution in [0.3, 0.4) is 0 Å². The van der Waals surface area contributed by atoms with Gasteiger partial charge in [-0.25, -0.2) is 0 Å². The van der Waals surface area contributed by atoms with Gasteiger partial charge in [-0.15, -0.1) is 0 Å². The van der Waals surface area contributed by atoms with Crippen LogP contribution in [-0.2, 0) is 6.42 Å². The largest absolute Gasteiger partial charge is 0.313 e. The van der Waals surface area contributed by atoms with Crippen molar-refractivity contribution in [3.8, 4) is 0 Å². The SMILES string of the molecule is CCCNC(CCCc1ccccn1)C(C)(C)C. The summed E-state index contributed by atoms with van der Waals surface area (Å²) in [5, 5.41) is 3.68. The van der Waals surface area contributed by atoms with Crippen molar-refractivity contribution in [1.82, 2.24) is 10.3 Å². The second kappa shape index (κ2) is 7.52. The molecule has 1 rings (SSSR count). The zero-order chi connectivity index (χ0) is 13.4. The number of pyridine rings is 1. The number of hydrogen-bond donors (Lipinski definition) is 1. The van der Waals surface area contributed by atoms with Gasteiger partial charge < -0.3 is 5.32 Å². The molecule has 1 aromatic rings. The molecular weight excluding hydrogens is 220 g/mol. The van der Waals surface area contributed by atoms with Crippen LogP contribution in [0.1, 0.15) is 52.7 Å². The molecule has 1 N–H and O–H groups in total. The van der Waals surface area contributed by atoms with Crippen LogP contribution in [0.15, 0.2) is 24.4 Å². The van der Waals surface area contributed by atoms with Crippen molar-refractivity contribution in [3.63, 3.8) is 0 Å². The molecule has 1 heterocycles. The lowest BCUT2D eigenvalue weighted by Crippen LogP contribution is -2.40. The maximum absolute atomic E-state index is 4.38. The van der Waals surface area contributed by atoms with Crippen molar-refractivity contribution >= 4 is 0 Å². The molecular formula is C16H28N2. The van der Waals surface area contributed by atoms with Gasteiger partial charge in [0.05, 0.1) is 0 Å². The summed E-state index contributed by atoms with van der Waals surface area (Å²) >= 11 is 0. The highest BCUT2D eigenvalue weighted by Gasteiger charge is 2.23. The number of nitrogens with one attached hydrogen (secondary N) is 1. The first-order chi connectivity index (χ1) is 8.54. The molecule has 1 unspecified atom stereocenters. The summed E-state index contributed by atoms with van der Waals surface area (Å²) in [6, 6.07) is 6.76. The highest BCUT2D eigenvalue weighted by atomic mass is 14.9. The van der Waals surface area contributed by atoms with Crippen molar-refractivity contribution in [2.45, 2.75) is 59.4 Å². The predicted octanol–water partition coefficient (Wildman–Crippen LogP) is 3.82. The van der Waals surface area contributed by atoms with E-state index in [1.165, 1.54) is 25.0 Å². The second-order valence-corrected chi connectivity index (χ2v) is 6.09. The van der Waals surface area contributed by atoms with Crippen LogP contribution in [-0.4, -0.2) is 17.6 Å². The molecule has 0 saturated carbocycles. The average Bonchev–Trinajstić information content (AvgIpc) is 2.33. The van der Waals surface area contributed by atoms with Crippen LogP contribution in [0, 0.1) is 5.41 Å². The lowest BCUT2D eigenvalue weighted by atomic mass is 9.83. The van der Waals surface area contributed by atoms with E-state index < -0.39 is 0 Å². The van der Waals surface area contributed by atoms with Gasteiger partial charge in [0.1, 0.15) is 0 Å². The molecule has 0 bridgehead atoms. The highest BCUT2D eigenvalue weighted by molar-refractivity contribution is 5.03. The van der Waals surface area contributed by atoms with E-state index >= 15 is 0 Å². The molecule has 0 radical (unpaired) electrons. The molecule has 2 heteroatoms. The fourth-order valence-electron chi connectivity index (χ4n) is 2.19. The Morgan fingerprint density at radius 3 is 2.61 bits per heavy atom. The van der Waals surface area contributed by atoms with Crippen molar-refractivity contribution in [2.24, 2.45) is 5.41 Å². The van der Waals surface area contributed by atoms with Gasteiger partial charge in [0.15, 0.2) is 0 Å². The van der Waals surface area contributed by atoms with Gasteiger partial charge in [-0.05, 0) is 49.8 Å². The van der Waals surface area contributed by atoms with Gasteiger partial charge in [-0.1, -0.05) is 33.8 Å². The normalized spacial score (nSPS) is 13.6. The van der Waals surface area contributed by atoms with Crippen LogP contribution in [0.2, 0.25) is 0 Å². The smallest absolute Gasteiger partial charge is 0.0403 e. The molecule has 18 heavy (non-hydrogen) atoms. The van der Waals surface area contributed by atoms with Gasteiger partial charge >= 0.3 is 0 Å². The quantitative estimate of drug-likeness (QED) is 0.793. The average molecular weight is 248 g/mol. The number of hydrogen-bond acceptors (Lipinski definition) is 2. The minimum atomic E-state index is 0.333. The van der Waals surface area contributed by atoms with Crippen molar-refractivity contribution in [3.05, 3.63) is 30.1 Å². The van der Waals surface area contributed by atoms with Gasteiger partial charge in [-0.3, -0.25) is 4.98 Å². The van der Waals surface area contributed by atoms with E-state index in [0.717, 1.165) is 13.0 Å². The number of nitrogens with zero attached hydrogens (tertiary/aromatic N) is 1. The molecule has 0 saturated heterocycles. The molecule has 1 atom stereocenters. The predicted molar refractivity (Wildman–Crippen MR) is 78.7 cm³/mol. The summed E-state index contributed by atoms with van der Waals surface area (Å²) < 4.78 is 0. The zero-order valence-corrected chi connectivity index (χ0v) is 12.4. The fourth-order valence-corrected chi connectivity index (χ4v) is 2.19. The first kappa shape index (κ1) is 15.2. The molecule has 102 valence electrons. The third-order valence-electron chi connectivity index (χ3n) is 3.34. The van der Waals surface area contributed by atoms with Gasteiger partial charge in [0.25, 0.3) is 0 Å². The van der Waals surface area contributed by atoms with Crippen LogP contribution < -0.4 is 5.32 Å². The van der Waals surface area contributed by atoms with Gasteiger partial charge in [0.2, 0.25) is 0 Å². The first-order valence-electron chi connectivity index (χ1n) is 7.17. The minimum Gasteiger partial charge on any atom is -0.313 e. The molecule has 0 fully saturated rings. The lowest BCUT2D eigenvalue weighted by Gasteiger charge is -2.31. The monoisotopic (exact) mass is 248 g/mol.